The third-order valence-electron chi connectivity index (χ3n) is 7.14. The fraction of sp³-hybridized carbons (Fsp3) is 0.0667. The van der Waals surface area contributed by atoms with Gasteiger partial charge in [-0.25, -0.2) is 0 Å². The quantitative estimate of drug-likeness (QED) is 0.0456. The molecule has 54 heavy (non-hydrogen) atoms. The number of rotatable bonds is 12. The van der Waals surface area contributed by atoms with Crippen molar-refractivity contribution >= 4 is 115 Å². The SMILES string of the molecule is CCN(c1ccccc1)c1nc(Cl)nc(Nc2cc(S(=O)(=O)O)cc3cc(S(=O)(=O)O)c(N=Nc4cc(NC(=O)C=CBr)ccc4S(=O)(=O)O)c(O)c23)n1. The minimum Gasteiger partial charge on any atom is -0.505 e. The number of aromatic hydroxyl groups is 1. The van der Waals surface area contributed by atoms with E-state index in [4.69, 9.17) is 11.6 Å². The average molecular weight is 884 g/mol. The Morgan fingerprint density at radius 3 is 2.19 bits per heavy atom. The van der Waals surface area contributed by atoms with Gasteiger partial charge in [-0.15, -0.1) is 10.2 Å². The van der Waals surface area contributed by atoms with Gasteiger partial charge < -0.3 is 20.6 Å². The van der Waals surface area contributed by atoms with Gasteiger partial charge in [0.15, 0.2) is 5.75 Å². The first kappa shape index (κ1) is 40.1. The first-order valence-corrected chi connectivity index (χ1v) is 20.3. The van der Waals surface area contributed by atoms with E-state index < -0.39 is 78.8 Å². The summed E-state index contributed by atoms with van der Waals surface area (Å²) in [6.07, 6.45) is 1.07. The number of hydrogen-bond donors (Lipinski definition) is 6. The molecule has 1 heterocycles. The molecule has 0 atom stereocenters. The van der Waals surface area contributed by atoms with Gasteiger partial charge in [-0.2, -0.15) is 40.2 Å². The predicted molar refractivity (Wildman–Crippen MR) is 200 cm³/mol. The summed E-state index contributed by atoms with van der Waals surface area (Å²) in [7, 11) is -15.4. The zero-order valence-electron chi connectivity index (χ0n) is 27.0. The number of azo groups is 1. The number of benzene rings is 4. The molecule has 24 heteroatoms. The number of para-hydroxylation sites is 1. The minimum atomic E-state index is -5.33. The number of anilines is 5. The van der Waals surface area contributed by atoms with Crippen LogP contribution in [0.15, 0.2) is 103 Å². The maximum Gasteiger partial charge on any atom is 0.296 e. The van der Waals surface area contributed by atoms with Crippen molar-refractivity contribution in [2.45, 2.75) is 21.6 Å². The molecule has 0 fully saturated rings. The van der Waals surface area contributed by atoms with Crippen LogP contribution in [0.4, 0.5) is 40.3 Å². The van der Waals surface area contributed by atoms with Crippen molar-refractivity contribution in [3.8, 4) is 5.75 Å². The molecule has 5 rings (SSSR count). The minimum absolute atomic E-state index is 0.0325. The molecule has 0 aliphatic rings. The Hall–Kier alpha value is -5.14. The lowest BCUT2D eigenvalue weighted by Crippen LogP contribution is -2.19. The number of carbonyl (C=O) groups excluding carboxylic acids is 1. The molecule has 1 aromatic heterocycles. The molecular formula is C30H24BrClN8O11S3. The normalized spacial score (nSPS) is 12.4. The van der Waals surface area contributed by atoms with Gasteiger partial charge in [0.05, 0.1) is 10.6 Å². The van der Waals surface area contributed by atoms with E-state index in [1.807, 2.05) is 0 Å². The number of nitrogens with one attached hydrogen (secondary N) is 2. The number of nitrogens with zero attached hydrogens (tertiary/aromatic N) is 6. The Bertz CT molecular complexity index is 2700. The topological polar surface area (TPSA) is 291 Å². The van der Waals surface area contributed by atoms with Gasteiger partial charge in [0.1, 0.15) is 21.2 Å². The molecule has 0 saturated heterocycles. The van der Waals surface area contributed by atoms with Gasteiger partial charge in [-0.3, -0.25) is 18.5 Å². The third-order valence-corrected chi connectivity index (χ3v) is 10.2. The zero-order valence-corrected chi connectivity index (χ0v) is 31.8. The molecule has 0 unspecified atom stereocenters. The Morgan fingerprint density at radius 2 is 1.57 bits per heavy atom. The summed E-state index contributed by atoms with van der Waals surface area (Å²) in [5, 5.41) is 22.9. The molecule has 0 aliphatic carbocycles. The first-order chi connectivity index (χ1) is 25.3. The molecular weight excluding hydrogens is 860 g/mol. The Morgan fingerprint density at radius 1 is 0.889 bits per heavy atom. The highest BCUT2D eigenvalue weighted by molar-refractivity contribution is 9.11. The van der Waals surface area contributed by atoms with Gasteiger partial charge in [0, 0.05) is 29.4 Å². The van der Waals surface area contributed by atoms with Crippen molar-refractivity contribution in [1.29, 1.82) is 0 Å². The number of hydrogen-bond acceptors (Lipinski definition) is 15. The molecule has 282 valence electrons. The van der Waals surface area contributed by atoms with E-state index in [0.717, 1.165) is 36.4 Å². The van der Waals surface area contributed by atoms with E-state index in [0.29, 0.717) is 18.3 Å². The Kier molecular flexibility index (Phi) is 11.6. The summed E-state index contributed by atoms with van der Waals surface area (Å²) in [5.41, 5.74) is -1.43. The van der Waals surface area contributed by atoms with E-state index in [1.165, 1.54) is 4.99 Å². The van der Waals surface area contributed by atoms with E-state index in [9.17, 15) is 48.8 Å². The van der Waals surface area contributed by atoms with Crippen LogP contribution in [0, 0.1) is 0 Å². The van der Waals surface area contributed by atoms with Gasteiger partial charge in [-0.05, 0) is 77.4 Å². The predicted octanol–water partition coefficient (Wildman–Crippen LogP) is 6.29. The summed E-state index contributed by atoms with van der Waals surface area (Å²) in [6, 6.07) is 14.1. The molecule has 0 saturated carbocycles. The van der Waals surface area contributed by atoms with E-state index >= 15 is 0 Å². The Balaban J connectivity index is 1.74. The highest BCUT2D eigenvalue weighted by atomic mass is 79.9. The second-order valence-corrected chi connectivity index (χ2v) is 15.7. The maximum atomic E-state index is 12.6. The van der Waals surface area contributed by atoms with E-state index in [1.54, 1.807) is 42.2 Å². The Labute approximate surface area is 319 Å². The maximum absolute atomic E-state index is 12.6. The second kappa shape index (κ2) is 15.7. The summed E-state index contributed by atoms with van der Waals surface area (Å²) < 4.78 is 104. The van der Waals surface area contributed by atoms with Gasteiger partial charge in [0.25, 0.3) is 30.4 Å². The second-order valence-electron chi connectivity index (χ2n) is 10.7. The van der Waals surface area contributed by atoms with Crippen LogP contribution in [-0.2, 0) is 35.1 Å². The van der Waals surface area contributed by atoms with E-state index in [-0.39, 0.29) is 28.6 Å². The number of phenolic OH excluding ortho intramolecular Hbond substituents is 1. The summed E-state index contributed by atoms with van der Waals surface area (Å²) in [5.74, 6) is -2.03. The molecule has 0 spiro atoms. The van der Waals surface area contributed by atoms with Gasteiger partial charge in [-0.1, -0.05) is 34.1 Å². The van der Waals surface area contributed by atoms with Gasteiger partial charge in [0.2, 0.25) is 23.1 Å². The van der Waals surface area contributed by atoms with Crippen LogP contribution in [0.1, 0.15) is 6.92 Å². The van der Waals surface area contributed by atoms with Crippen molar-refractivity contribution in [2.24, 2.45) is 10.2 Å². The lowest BCUT2D eigenvalue weighted by atomic mass is 10.1. The monoisotopic (exact) mass is 882 g/mol. The molecule has 6 N–H and O–H groups in total. The lowest BCUT2D eigenvalue weighted by molar-refractivity contribution is -0.111. The average Bonchev–Trinajstić information content (AvgIpc) is 3.07. The fourth-order valence-corrected chi connectivity index (χ4v) is 7.12. The zero-order chi connectivity index (χ0) is 39.6. The molecule has 19 nitrogen and oxygen atoms in total. The van der Waals surface area contributed by atoms with Crippen LogP contribution in [0.3, 0.4) is 0 Å². The number of carbonyl (C=O) groups is 1. The molecule has 0 aliphatic heterocycles. The summed E-state index contributed by atoms with van der Waals surface area (Å²) in [4.78, 5) is 24.6. The first-order valence-electron chi connectivity index (χ1n) is 14.7. The smallest absolute Gasteiger partial charge is 0.296 e. The molecule has 5 aromatic rings. The van der Waals surface area contributed by atoms with Crippen molar-refractivity contribution in [2.75, 3.05) is 22.1 Å². The van der Waals surface area contributed by atoms with Crippen LogP contribution >= 0.6 is 27.5 Å². The largest absolute Gasteiger partial charge is 0.505 e. The van der Waals surface area contributed by atoms with Crippen LogP contribution < -0.4 is 15.5 Å². The number of amides is 1. The lowest BCUT2D eigenvalue weighted by Gasteiger charge is -2.21. The van der Waals surface area contributed by atoms with Gasteiger partial charge >= 0.3 is 0 Å². The highest BCUT2D eigenvalue weighted by Gasteiger charge is 2.27. The summed E-state index contributed by atoms with van der Waals surface area (Å²) in [6.45, 7) is 2.15. The molecule has 0 bridgehead atoms. The van der Waals surface area contributed by atoms with Crippen molar-refractivity contribution in [3.05, 3.63) is 83.1 Å². The van der Waals surface area contributed by atoms with Crippen LogP contribution in [0.2, 0.25) is 5.28 Å². The number of aromatic nitrogens is 3. The fourth-order valence-electron chi connectivity index (χ4n) is 4.92. The van der Waals surface area contributed by atoms with Crippen molar-refractivity contribution < 1.29 is 48.8 Å². The number of halogens is 2. The molecule has 0 radical (unpaired) electrons. The summed E-state index contributed by atoms with van der Waals surface area (Å²) >= 11 is 9.16. The van der Waals surface area contributed by atoms with Crippen LogP contribution in [-0.4, -0.2) is 71.4 Å². The molecule has 1 amide bonds. The molecule has 4 aromatic carbocycles. The number of phenols is 1. The van der Waals surface area contributed by atoms with E-state index in [2.05, 4.69) is 51.7 Å². The number of fused-ring (bicyclic) bond motifs is 1. The highest BCUT2D eigenvalue weighted by Crippen LogP contribution is 2.46. The van der Waals surface area contributed by atoms with Crippen molar-refractivity contribution in [3.63, 3.8) is 0 Å². The standard InChI is InChI=1S/C30H24BrClN8O11S3/c1-2-40(18-6-4-3-5-7-18)30-36-28(32)35-29(37-30)34-21-15-19(52(43,44)45)12-16-13-23(54(49,50)51)26(27(42)25(16)21)39-38-20-14-17(33-24(41)10-11-31)8-9-22(20)53(46,47)48/h3-15,42H,2H2,1H3,(H,33,41)(H,43,44,45)(H,46,47,48)(H,49,50,51)(H,34,35,36,37). The van der Waals surface area contributed by atoms with Crippen molar-refractivity contribution in [1.82, 2.24) is 15.0 Å². The van der Waals surface area contributed by atoms with Crippen LogP contribution in [0.25, 0.3) is 10.8 Å². The third kappa shape index (κ3) is 9.14. The van der Waals surface area contributed by atoms with Crippen LogP contribution in [0.5, 0.6) is 5.75 Å².